The predicted molar refractivity (Wildman–Crippen MR) is 107 cm³/mol. The summed E-state index contributed by atoms with van der Waals surface area (Å²) < 4.78 is 24.6. The summed E-state index contributed by atoms with van der Waals surface area (Å²) >= 11 is 0. The van der Waals surface area contributed by atoms with Gasteiger partial charge in [-0.15, -0.1) is 0 Å². The molecule has 4 aromatic rings. The number of methoxy groups -OCH3 is 1. The SMILES string of the molecule is COC(=O)NCc1nc(-c2ccc(C)c(NC(=O)c3cnc4ccc(F)cn34)c2)no1. The summed E-state index contributed by atoms with van der Waals surface area (Å²) in [5.74, 6) is -0.449. The zero-order chi connectivity index (χ0) is 22.0. The number of nitrogens with zero attached hydrogens (tertiary/aromatic N) is 4. The molecule has 2 N–H and O–H groups in total. The van der Waals surface area contributed by atoms with E-state index in [9.17, 15) is 14.0 Å². The number of aromatic nitrogens is 4. The van der Waals surface area contributed by atoms with E-state index in [0.717, 1.165) is 5.56 Å². The molecule has 158 valence electrons. The quantitative estimate of drug-likeness (QED) is 0.505. The first-order valence-corrected chi connectivity index (χ1v) is 9.14. The Morgan fingerprint density at radius 3 is 2.90 bits per heavy atom. The first-order chi connectivity index (χ1) is 14.9. The van der Waals surface area contributed by atoms with Crippen LogP contribution in [-0.2, 0) is 11.3 Å². The van der Waals surface area contributed by atoms with Gasteiger partial charge in [0.1, 0.15) is 23.7 Å². The molecule has 31 heavy (non-hydrogen) atoms. The summed E-state index contributed by atoms with van der Waals surface area (Å²) in [6, 6.07) is 8.02. The van der Waals surface area contributed by atoms with E-state index in [2.05, 4.69) is 30.5 Å². The molecule has 0 fully saturated rings. The summed E-state index contributed by atoms with van der Waals surface area (Å²) in [6.07, 6.45) is 1.96. The molecule has 0 atom stereocenters. The zero-order valence-corrected chi connectivity index (χ0v) is 16.5. The number of pyridine rings is 1. The van der Waals surface area contributed by atoms with Gasteiger partial charge >= 0.3 is 6.09 Å². The Bertz CT molecular complexity index is 1280. The van der Waals surface area contributed by atoms with E-state index >= 15 is 0 Å². The molecule has 0 spiro atoms. The highest BCUT2D eigenvalue weighted by atomic mass is 19.1. The third kappa shape index (κ3) is 4.20. The highest BCUT2D eigenvalue weighted by Crippen LogP contribution is 2.24. The highest BCUT2D eigenvalue weighted by Gasteiger charge is 2.16. The Morgan fingerprint density at radius 2 is 2.10 bits per heavy atom. The number of anilines is 1. The Morgan fingerprint density at radius 1 is 1.26 bits per heavy atom. The molecule has 3 heterocycles. The predicted octanol–water partition coefficient (Wildman–Crippen LogP) is 2.94. The van der Waals surface area contributed by atoms with Crippen LogP contribution in [0, 0.1) is 12.7 Å². The van der Waals surface area contributed by atoms with E-state index in [1.807, 2.05) is 6.92 Å². The average Bonchev–Trinajstić information content (AvgIpc) is 3.40. The van der Waals surface area contributed by atoms with Gasteiger partial charge in [-0.05, 0) is 30.7 Å². The largest absolute Gasteiger partial charge is 0.453 e. The van der Waals surface area contributed by atoms with E-state index in [-0.39, 0.29) is 24.0 Å². The lowest BCUT2D eigenvalue weighted by molar-refractivity contribution is 0.102. The van der Waals surface area contributed by atoms with E-state index in [1.54, 1.807) is 18.2 Å². The number of aryl methyl sites for hydroxylation is 1. The summed E-state index contributed by atoms with van der Waals surface area (Å²) in [5, 5.41) is 9.15. The number of ether oxygens (including phenoxy) is 1. The first-order valence-electron chi connectivity index (χ1n) is 9.14. The minimum absolute atomic E-state index is 0.0139. The van der Waals surface area contributed by atoms with E-state index in [4.69, 9.17) is 4.52 Å². The maximum absolute atomic E-state index is 13.6. The van der Waals surface area contributed by atoms with Crippen molar-refractivity contribution in [3.63, 3.8) is 0 Å². The lowest BCUT2D eigenvalue weighted by atomic mass is 10.1. The number of hydrogen-bond donors (Lipinski definition) is 2. The molecule has 0 bridgehead atoms. The molecule has 0 unspecified atom stereocenters. The Labute approximate surface area is 175 Å². The molecule has 2 amide bonds. The number of benzene rings is 1. The van der Waals surface area contributed by atoms with Gasteiger partial charge in [0.2, 0.25) is 11.7 Å². The lowest BCUT2D eigenvalue weighted by Crippen LogP contribution is -2.22. The number of amides is 2. The maximum Gasteiger partial charge on any atom is 0.407 e. The summed E-state index contributed by atoms with van der Waals surface area (Å²) in [6.45, 7) is 1.84. The van der Waals surface area contributed by atoms with Crippen molar-refractivity contribution in [3.05, 3.63) is 65.7 Å². The molecule has 3 aromatic heterocycles. The van der Waals surface area contributed by atoms with Crippen molar-refractivity contribution < 1.29 is 23.2 Å². The van der Waals surface area contributed by atoms with Crippen LogP contribution in [0.3, 0.4) is 0 Å². The molecular formula is C20H17FN6O4. The van der Waals surface area contributed by atoms with Gasteiger partial charge in [0, 0.05) is 17.4 Å². The summed E-state index contributed by atoms with van der Waals surface area (Å²) in [5.41, 5.74) is 2.56. The molecule has 11 heteroatoms. The smallest absolute Gasteiger partial charge is 0.407 e. The number of alkyl carbamates (subject to hydrolysis) is 1. The van der Waals surface area contributed by atoms with Crippen LogP contribution in [0.25, 0.3) is 17.0 Å². The van der Waals surface area contributed by atoms with E-state index in [0.29, 0.717) is 16.9 Å². The second kappa shape index (κ2) is 8.22. The van der Waals surface area contributed by atoms with Crippen LogP contribution in [0.5, 0.6) is 0 Å². The van der Waals surface area contributed by atoms with Gasteiger partial charge in [0.25, 0.3) is 5.91 Å². The van der Waals surface area contributed by atoms with Gasteiger partial charge in [-0.1, -0.05) is 17.3 Å². The molecule has 0 aliphatic heterocycles. The van der Waals surface area contributed by atoms with Crippen molar-refractivity contribution in [2.45, 2.75) is 13.5 Å². The number of rotatable bonds is 5. The van der Waals surface area contributed by atoms with Gasteiger partial charge in [-0.25, -0.2) is 14.2 Å². The van der Waals surface area contributed by atoms with E-state index in [1.165, 1.54) is 36.0 Å². The van der Waals surface area contributed by atoms with Crippen molar-refractivity contribution in [1.29, 1.82) is 0 Å². The van der Waals surface area contributed by atoms with Crippen molar-refractivity contribution in [2.24, 2.45) is 0 Å². The number of hydrogen-bond acceptors (Lipinski definition) is 7. The van der Waals surface area contributed by atoms with Crippen LogP contribution in [0.4, 0.5) is 14.9 Å². The van der Waals surface area contributed by atoms with Crippen LogP contribution < -0.4 is 10.6 Å². The minimum atomic E-state index is -0.618. The monoisotopic (exact) mass is 424 g/mol. The summed E-state index contributed by atoms with van der Waals surface area (Å²) in [4.78, 5) is 32.3. The first kappa shape index (κ1) is 20.0. The number of carbonyl (C=O) groups is 2. The number of imidazole rings is 1. The molecule has 0 aliphatic rings. The second-order valence-corrected chi connectivity index (χ2v) is 6.56. The average molecular weight is 424 g/mol. The van der Waals surface area contributed by atoms with Crippen molar-refractivity contribution >= 4 is 23.3 Å². The second-order valence-electron chi connectivity index (χ2n) is 6.56. The summed E-state index contributed by atoms with van der Waals surface area (Å²) in [7, 11) is 1.25. The molecule has 0 radical (unpaired) electrons. The zero-order valence-electron chi connectivity index (χ0n) is 16.5. The Kier molecular flexibility index (Phi) is 5.31. The van der Waals surface area contributed by atoms with Gasteiger partial charge in [-0.2, -0.15) is 4.98 Å². The van der Waals surface area contributed by atoms with Crippen LogP contribution >= 0.6 is 0 Å². The maximum atomic E-state index is 13.6. The van der Waals surface area contributed by atoms with Crippen LogP contribution in [0.15, 0.2) is 47.2 Å². The molecule has 0 aliphatic carbocycles. The standard InChI is InChI=1S/C20H17FN6O4/c1-11-3-4-12(18-25-17(31-26-18)9-23-20(29)30-2)7-14(11)24-19(28)15-8-22-16-6-5-13(21)10-27(15)16/h3-8,10H,9H2,1-2H3,(H,23,29)(H,24,28). The third-order valence-corrected chi connectivity index (χ3v) is 4.48. The number of carbonyl (C=O) groups excluding carboxylic acids is 2. The van der Waals surface area contributed by atoms with E-state index < -0.39 is 17.8 Å². The molecule has 1 aromatic carbocycles. The highest BCUT2D eigenvalue weighted by molar-refractivity contribution is 6.04. The minimum Gasteiger partial charge on any atom is -0.453 e. The van der Waals surface area contributed by atoms with Crippen LogP contribution in [-0.4, -0.2) is 38.6 Å². The molecule has 0 saturated carbocycles. The third-order valence-electron chi connectivity index (χ3n) is 4.48. The van der Waals surface area contributed by atoms with Gasteiger partial charge < -0.3 is 19.9 Å². The molecule has 0 saturated heterocycles. The van der Waals surface area contributed by atoms with Crippen LogP contribution in [0.2, 0.25) is 0 Å². The normalized spacial score (nSPS) is 10.8. The number of halogens is 1. The van der Waals surface area contributed by atoms with Gasteiger partial charge in [0.05, 0.1) is 13.3 Å². The van der Waals surface area contributed by atoms with Gasteiger partial charge in [-0.3, -0.25) is 9.20 Å². The fourth-order valence-corrected chi connectivity index (χ4v) is 2.87. The van der Waals surface area contributed by atoms with Crippen molar-refractivity contribution in [2.75, 3.05) is 12.4 Å². The number of fused-ring (bicyclic) bond motifs is 1. The van der Waals surface area contributed by atoms with Crippen molar-refractivity contribution in [1.82, 2.24) is 24.8 Å². The fraction of sp³-hybridized carbons (Fsp3) is 0.150. The van der Waals surface area contributed by atoms with Crippen molar-refractivity contribution in [3.8, 4) is 11.4 Å². The molecular weight excluding hydrogens is 407 g/mol. The lowest BCUT2D eigenvalue weighted by Gasteiger charge is -2.09. The topological polar surface area (TPSA) is 124 Å². The molecule has 4 rings (SSSR count). The van der Waals surface area contributed by atoms with Gasteiger partial charge in [0.15, 0.2) is 0 Å². The number of nitrogens with one attached hydrogen (secondary N) is 2. The Hall–Kier alpha value is -4.28. The fourth-order valence-electron chi connectivity index (χ4n) is 2.87. The van der Waals surface area contributed by atoms with Crippen LogP contribution in [0.1, 0.15) is 21.9 Å². The molecule has 10 nitrogen and oxygen atoms in total. The Balaban J connectivity index is 1.55.